The number of benzene rings is 2. The summed E-state index contributed by atoms with van der Waals surface area (Å²) in [5, 5.41) is 4.49. The van der Waals surface area contributed by atoms with Crippen molar-refractivity contribution in [2.24, 2.45) is 7.05 Å². The van der Waals surface area contributed by atoms with Crippen molar-refractivity contribution in [1.29, 1.82) is 0 Å². The number of hydrogen-bond acceptors (Lipinski definition) is 7. The fourth-order valence-corrected chi connectivity index (χ4v) is 3.50. The predicted octanol–water partition coefficient (Wildman–Crippen LogP) is 3.51. The minimum absolute atomic E-state index is 0.175. The highest BCUT2D eigenvalue weighted by Gasteiger charge is 2.20. The Kier molecular flexibility index (Phi) is 4.89. The average Bonchev–Trinajstić information content (AvgIpc) is 3.28. The normalized spacial score (nSPS) is 10.9. The van der Waals surface area contributed by atoms with E-state index in [1.165, 1.54) is 21.9 Å². The lowest BCUT2D eigenvalue weighted by atomic mass is 10.1. The van der Waals surface area contributed by atoms with Gasteiger partial charge in [0.25, 0.3) is 5.19 Å². The molecule has 0 atom stereocenters. The summed E-state index contributed by atoms with van der Waals surface area (Å²) in [7, 11) is 3.04. The second-order valence-electron chi connectivity index (χ2n) is 6.50. The van der Waals surface area contributed by atoms with E-state index in [-0.39, 0.29) is 11.7 Å². The van der Waals surface area contributed by atoms with E-state index in [2.05, 4.69) is 14.5 Å². The summed E-state index contributed by atoms with van der Waals surface area (Å²) in [4.78, 5) is 17.1. The molecule has 0 aliphatic rings. The summed E-state index contributed by atoms with van der Waals surface area (Å²) in [6.45, 7) is 3.92. The van der Waals surface area contributed by atoms with Crippen LogP contribution < -0.4 is 15.2 Å². The summed E-state index contributed by atoms with van der Waals surface area (Å²) >= 11 is 1.15. The van der Waals surface area contributed by atoms with Crippen molar-refractivity contribution in [3.63, 3.8) is 0 Å². The molecule has 0 aliphatic carbocycles. The molecule has 4 rings (SSSR count). The van der Waals surface area contributed by atoms with Gasteiger partial charge in [0, 0.05) is 24.1 Å². The van der Waals surface area contributed by atoms with E-state index in [9.17, 15) is 4.79 Å². The summed E-state index contributed by atoms with van der Waals surface area (Å²) in [6.07, 6.45) is 0. The van der Waals surface area contributed by atoms with Gasteiger partial charge in [0.05, 0.1) is 7.11 Å². The maximum absolute atomic E-state index is 12.6. The van der Waals surface area contributed by atoms with E-state index in [1.54, 1.807) is 13.1 Å². The first-order chi connectivity index (χ1) is 14.0. The van der Waals surface area contributed by atoms with Crippen LogP contribution in [-0.4, -0.2) is 30.8 Å². The molecule has 2 heterocycles. The standard InChI is InChI=1S/C20H19N5O3S/c1-12-8-10-14(11-9-12)17-21-19(29-23-17)28-15-7-5-6-13(2)16(15)25-18(27-4)22-24(3)20(25)26/h5-11H,1-4H3. The first-order valence-electron chi connectivity index (χ1n) is 8.86. The van der Waals surface area contributed by atoms with Crippen LogP contribution in [0.4, 0.5) is 0 Å². The molecule has 9 heteroatoms. The molecule has 0 bridgehead atoms. The Morgan fingerprint density at radius 2 is 1.83 bits per heavy atom. The van der Waals surface area contributed by atoms with Crippen molar-refractivity contribution in [3.05, 3.63) is 64.1 Å². The van der Waals surface area contributed by atoms with Crippen LogP contribution in [0.3, 0.4) is 0 Å². The third-order valence-electron chi connectivity index (χ3n) is 4.42. The Morgan fingerprint density at radius 3 is 2.55 bits per heavy atom. The number of rotatable bonds is 5. The SMILES string of the molecule is COc1nn(C)c(=O)n1-c1c(C)cccc1Oc1nc(-c2ccc(C)cc2)ns1. The average molecular weight is 409 g/mol. The molecule has 29 heavy (non-hydrogen) atoms. The van der Waals surface area contributed by atoms with Crippen molar-refractivity contribution in [3.8, 4) is 34.0 Å². The number of ether oxygens (including phenoxy) is 2. The second-order valence-corrected chi connectivity index (χ2v) is 7.22. The first kappa shape index (κ1) is 18.9. The highest BCUT2D eigenvalue weighted by molar-refractivity contribution is 7.07. The Labute approximate surface area is 171 Å². The molecule has 0 spiro atoms. The van der Waals surface area contributed by atoms with Crippen LogP contribution >= 0.6 is 11.5 Å². The van der Waals surface area contributed by atoms with Gasteiger partial charge in [-0.2, -0.15) is 9.36 Å². The summed E-state index contributed by atoms with van der Waals surface area (Å²) in [5.74, 6) is 1.06. The van der Waals surface area contributed by atoms with Gasteiger partial charge in [0.2, 0.25) is 0 Å². The van der Waals surface area contributed by atoms with Crippen LogP contribution in [0.5, 0.6) is 17.0 Å². The van der Waals surface area contributed by atoms with Gasteiger partial charge in [-0.1, -0.05) is 42.0 Å². The van der Waals surface area contributed by atoms with Gasteiger partial charge in [-0.25, -0.2) is 14.0 Å². The van der Waals surface area contributed by atoms with E-state index in [0.29, 0.717) is 22.5 Å². The zero-order valence-electron chi connectivity index (χ0n) is 16.4. The van der Waals surface area contributed by atoms with Crippen LogP contribution in [0.25, 0.3) is 17.1 Å². The number of aryl methyl sites for hydroxylation is 3. The fraction of sp³-hybridized carbons (Fsp3) is 0.200. The van der Waals surface area contributed by atoms with Gasteiger partial charge in [-0.05, 0) is 25.5 Å². The van der Waals surface area contributed by atoms with Crippen LogP contribution in [0.1, 0.15) is 11.1 Å². The number of para-hydroxylation sites is 1. The smallest absolute Gasteiger partial charge is 0.353 e. The Hall–Kier alpha value is -3.46. The van der Waals surface area contributed by atoms with E-state index >= 15 is 0 Å². The molecule has 0 saturated carbocycles. The van der Waals surface area contributed by atoms with Crippen LogP contribution in [0.2, 0.25) is 0 Å². The van der Waals surface area contributed by atoms with E-state index in [0.717, 1.165) is 22.7 Å². The van der Waals surface area contributed by atoms with E-state index < -0.39 is 0 Å². The molecule has 0 radical (unpaired) electrons. The van der Waals surface area contributed by atoms with Gasteiger partial charge >= 0.3 is 11.7 Å². The van der Waals surface area contributed by atoms with Crippen molar-refractivity contribution in [2.75, 3.05) is 7.11 Å². The zero-order chi connectivity index (χ0) is 20.5. The van der Waals surface area contributed by atoms with Crippen LogP contribution in [0, 0.1) is 13.8 Å². The lowest BCUT2D eigenvalue weighted by Crippen LogP contribution is -2.22. The Morgan fingerprint density at radius 1 is 1.07 bits per heavy atom. The minimum atomic E-state index is -0.335. The van der Waals surface area contributed by atoms with E-state index in [4.69, 9.17) is 9.47 Å². The van der Waals surface area contributed by atoms with Crippen LogP contribution in [-0.2, 0) is 7.05 Å². The van der Waals surface area contributed by atoms with Crippen molar-refractivity contribution in [2.45, 2.75) is 13.8 Å². The monoisotopic (exact) mass is 409 g/mol. The summed E-state index contributed by atoms with van der Waals surface area (Å²) < 4.78 is 18.3. The molecule has 0 amide bonds. The number of methoxy groups -OCH3 is 1. The van der Waals surface area contributed by atoms with Crippen LogP contribution in [0.15, 0.2) is 47.3 Å². The topological polar surface area (TPSA) is 84.1 Å². The lowest BCUT2D eigenvalue weighted by molar-refractivity contribution is 0.366. The third kappa shape index (κ3) is 3.52. The van der Waals surface area contributed by atoms with E-state index in [1.807, 2.05) is 50.2 Å². The summed E-state index contributed by atoms with van der Waals surface area (Å²) in [5.41, 5.74) is 3.13. The summed E-state index contributed by atoms with van der Waals surface area (Å²) in [6, 6.07) is 13.7. The molecule has 0 N–H and O–H groups in total. The quantitative estimate of drug-likeness (QED) is 0.502. The number of aromatic nitrogens is 5. The third-order valence-corrected chi connectivity index (χ3v) is 5.01. The minimum Gasteiger partial charge on any atom is -0.467 e. The zero-order valence-corrected chi connectivity index (χ0v) is 17.2. The van der Waals surface area contributed by atoms with Gasteiger partial charge in [0.1, 0.15) is 5.69 Å². The predicted molar refractivity (Wildman–Crippen MR) is 110 cm³/mol. The molecule has 0 saturated heterocycles. The molecule has 4 aromatic rings. The number of nitrogens with zero attached hydrogens (tertiary/aromatic N) is 5. The lowest BCUT2D eigenvalue weighted by Gasteiger charge is -2.12. The molecule has 0 aliphatic heterocycles. The maximum Gasteiger partial charge on any atom is 0.353 e. The Bertz CT molecular complexity index is 1220. The highest BCUT2D eigenvalue weighted by atomic mass is 32.1. The highest BCUT2D eigenvalue weighted by Crippen LogP contribution is 2.33. The molecule has 0 unspecified atom stereocenters. The van der Waals surface area contributed by atoms with Gasteiger partial charge < -0.3 is 9.47 Å². The molecule has 2 aromatic carbocycles. The molecule has 148 valence electrons. The molecular formula is C20H19N5O3S. The first-order valence-corrected chi connectivity index (χ1v) is 9.64. The fourth-order valence-electron chi connectivity index (χ4n) is 2.93. The van der Waals surface area contributed by atoms with Crippen molar-refractivity contribution in [1.82, 2.24) is 23.7 Å². The van der Waals surface area contributed by atoms with Gasteiger partial charge in [-0.15, -0.1) is 5.10 Å². The van der Waals surface area contributed by atoms with Gasteiger partial charge in [0.15, 0.2) is 11.6 Å². The van der Waals surface area contributed by atoms with Gasteiger partial charge in [-0.3, -0.25) is 0 Å². The largest absolute Gasteiger partial charge is 0.467 e. The molecule has 2 aromatic heterocycles. The number of hydrogen-bond donors (Lipinski definition) is 0. The maximum atomic E-state index is 12.6. The molecule has 0 fully saturated rings. The molecule has 8 nitrogen and oxygen atoms in total. The second kappa shape index (κ2) is 7.51. The Balaban J connectivity index is 1.74. The van der Waals surface area contributed by atoms with Crippen molar-refractivity contribution < 1.29 is 9.47 Å². The molecular weight excluding hydrogens is 390 g/mol. The van der Waals surface area contributed by atoms with Crippen molar-refractivity contribution >= 4 is 11.5 Å².